The summed E-state index contributed by atoms with van der Waals surface area (Å²) in [6.45, 7) is 0. The molecule has 0 saturated carbocycles. The van der Waals surface area contributed by atoms with Gasteiger partial charge in [0.1, 0.15) is 11.1 Å². The first-order valence-electron chi connectivity index (χ1n) is 3.72. The molecule has 0 saturated heterocycles. The number of rotatable bonds is 3. The van der Waals surface area contributed by atoms with Crippen LogP contribution in [-0.2, 0) is 4.79 Å². The molecular formula is C9H10ClNO2. The van der Waals surface area contributed by atoms with Gasteiger partial charge in [-0.2, -0.15) is 0 Å². The van der Waals surface area contributed by atoms with E-state index in [4.69, 9.17) is 22.1 Å². The molecule has 0 spiro atoms. The maximum atomic E-state index is 10.7. The number of benzene rings is 1. The summed E-state index contributed by atoms with van der Waals surface area (Å²) in [5.74, 6) is 0.170. The van der Waals surface area contributed by atoms with Crippen LogP contribution in [0.25, 0.3) is 0 Å². The van der Waals surface area contributed by atoms with E-state index in [9.17, 15) is 4.79 Å². The van der Waals surface area contributed by atoms with Gasteiger partial charge >= 0.3 is 0 Å². The average Bonchev–Trinajstić information content (AvgIpc) is 2.17. The first kappa shape index (κ1) is 9.86. The number of hydrogen-bond acceptors (Lipinski definition) is 2. The zero-order valence-electron chi connectivity index (χ0n) is 7.16. The zero-order valence-corrected chi connectivity index (χ0v) is 7.91. The summed E-state index contributed by atoms with van der Waals surface area (Å²) in [7, 11) is 1.57. The molecule has 0 bridgehead atoms. The van der Waals surface area contributed by atoms with Crippen LogP contribution in [0.4, 0.5) is 0 Å². The molecule has 0 aliphatic carbocycles. The van der Waals surface area contributed by atoms with Gasteiger partial charge in [-0.15, -0.1) is 11.6 Å². The Balaban J connectivity index is 2.85. The maximum Gasteiger partial charge on any atom is 0.240 e. The molecule has 1 aromatic carbocycles. The number of halogens is 1. The van der Waals surface area contributed by atoms with Gasteiger partial charge in [0.25, 0.3) is 0 Å². The van der Waals surface area contributed by atoms with Crippen molar-refractivity contribution >= 4 is 17.5 Å². The van der Waals surface area contributed by atoms with E-state index in [2.05, 4.69) is 0 Å². The number of nitrogens with two attached hydrogens (primary N) is 1. The van der Waals surface area contributed by atoms with Crippen molar-refractivity contribution in [1.29, 1.82) is 0 Å². The quantitative estimate of drug-likeness (QED) is 0.750. The molecule has 1 unspecified atom stereocenters. The number of hydrogen-bond donors (Lipinski definition) is 1. The second kappa shape index (κ2) is 4.14. The zero-order chi connectivity index (χ0) is 9.84. The van der Waals surface area contributed by atoms with Crippen molar-refractivity contribution in [3.63, 3.8) is 0 Å². The number of carbonyl (C=O) groups is 1. The van der Waals surface area contributed by atoms with Crippen LogP contribution in [0.15, 0.2) is 24.3 Å². The highest BCUT2D eigenvalue weighted by Gasteiger charge is 2.13. The molecule has 0 heterocycles. The van der Waals surface area contributed by atoms with Crippen LogP contribution in [0, 0.1) is 0 Å². The van der Waals surface area contributed by atoms with Crippen LogP contribution >= 0.6 is 11.6 Å². The molecule has 4 heteroatoms. The van der Waals surface area contributed by atoms with E-state index in [0.717, 1.165) is 5.75 Å². The van der Waals surface area contributed by atoms with Gasteiger partial charge in [-0.25, -0.2) is 0 Å². The monoisotopic (exact) mass is 199 g/mol. The predicted molar refractivity (Wildman–Crippen MR) is 50.8 cm³/mol. The maximum absolute atomic E-state index is 10.7. The third kappa shape index (κ3) is 2.36. The van der Waals surface area contributed by atoms with Gasteiger partial charge in [0.15, 0.2) is 0 Å². The fourth-order valence-corrected chi connectivity index (χ4v) is 1.08. The van der Waals surface area contributed by atoms with Gasteiger partial charge in [0.05, 0.1) is 7.11 Å². The lowest BCUT2D eigenvalue weighted by Crippen LogP contribution is -2.16. The lowest BCUT2D eigenvalue weighted by molar-refractivity contribution is -0.117. The molecule has 0 fully saturated rings. The first-order chi connectivity index (χ1) is 6.15. The van der Waals surface area contributed by atoms with Gasteiger partial charge in [0, 0.05) is 0 Å². The van der Waals surface area contributed by atoms with Crippen LogP contribution in [0.1, 0.15) is 10.9 Å². The summed E-state index contributed by atoms with van der Waals surface area (Å²) in [4.78, 5) is 10.7. The Labute approximate surface area is 81.4 Å². The normalized spacial score (nSPS) is 12.2. The second-order valence-corrected chi connectivity index (χ2v) is 2.97. The molecule has 13 heavy (non-hydrogen) atoms. The fraction of sp³-hybridized carbons (Fsp3) is 0.222. The summed E-state index contributed by atoms with van der Waals surface area (Å²) in [6, 6.07) is 6.88. The number of methoxy groups -OCH3 is 1. The standard InChI is InChI=1S/C9H10ClNO2/c1-13-7-4-2-6(3-5-7)8(10)9(11)12/h2-5,8H,1H3,(H2,11,12). The number of ether oxygens (including phenoxy) is 1. The SMILES string of the molecule is COc1ccc(C(Cl)C(N)=O)cc1. The van der Waals surface area contributed by atoms with Gasteiger partial charge in [-0.3, -0.25) is 4.79 Å². The van der Waals surface area contributed by atoms with E-state index < -0.39 is 11.3 Å². The highest BCUT2D eigenvalue weighted by atomic mass is 35.5. The van der Waals surface area contributed by atoms with Crippen molar-refractivity contribution in [1.82, 2.24) is 0 Å². The summed E-state index contributed by atoms with van der Waals surface area (Å²) >= 11 is 5.72. The molecule has 70 valence electrons. The van der Waals surface area contributed by atoms with Crippen LogP contribution < -0.4 is 10.5 Å². The molecule has 1 aromatic rings. The Hall–Kier alpha value is -1.22. The molecule has 0 aliphatic heterocycles. The van der Waals surface area contributed by atoms with E-state index in [1.54, 1.807) is 31.4 Å². The van der Waals surface area contributed by atoms with E-state index in [1.165, 1.54) is 0 Å². The molecule has 2 N–H and O–H groups in total. The molecular weight excluding hydrogens is 190 g/mol. The minimum atomic E-state index is -0.772. The predicted octanol–water partition coefficient (Wildman–Crippen LogP) is 1.46. The second-order valence-electron chi connectivity index (χ2n) is 2.54. The molecule has 1 rings (SSSR count). The molecule has 0 radical (unpaired) electrons. The summed E-state index contributed by atoms with van der Waals surface area (Å²) in [5, 5.41) is -0.772. The molecule has 3 nitrogen and oxygen atoms in total. The topological polar surface area (TPSA) is 52.3 Å². The minimum Gasteiger partial charge on any atom is -0.497 e. The number of primary amides is 1. The third-order valence-corrected chi connectivity index (χ3v) is 2.13. The van der Waals surface area contributed by atoms with Gasteiger partial charge < -0.3 is 10.5 Å². The van der Waals surface area contributed by atoms with E-state index in [-0.39, 0.29) is 0 Å². The van der Waals surface area contributed by atoms with Crippen molar-refractivity contribution in [2.75, 3.05) is 7.11 Å². The lowest BCUT2D eigenvalue weighted by Gasteiger charge is -2.05. The van der Waals surface area contributed by atoms with Crippen molar-refractivity contribution in [3.05, 3.63) is 29.8 Å². The summed E-state index contributed by atoms with van der Waals surface area (Å²) in [5.41, 5.74) is 5.71. The summed E-state index contributed by atoms with van der Waals surface area (Å²) < 4.78 is 4.95. The van der Waals surface area contributed by atoms with E-state index >= 15 is 0 Å². The first-order valence-corrected chi connectivity index (χ1v) is 4.16. The Kier molecular flexibility index (Phi) is 3.14. The Bertz CT molecular complexity index is 297. The number of alkyl halides is 1. The Morgan fingerprint density at radius 1 is 1.46 bits per heavy atom. The van der Waals surface area contributed by atoms with Crippen LogP contribution in [-0.4, -0.2) is 13.0 Å². The largest absolute Gasteiger partial charge is 0.497 e. The smallest absolute Gasteiger partial charge is 0.240 e. The van der Waals surface area contributed by atoms with Gasteiger partial charge in [-0.1, -0.05) is 12.1 Å². The van der Waals surface area contributed by atoms with Crippen molar-refractivity contribution < 1.29 is 9.53 Å². The third-order valence-electron chi connectivity index (χ3n) is 1.66. The van der Waals surface area contributed by atoms with Crippen LogP contribution in [0.2, 0.25) is 0 Å². The highest BCUT2D eigenvalue weighted by Crippen LogP contribution is 2.22. The number of carbonyl (C=O) groups excluding carboxylic acids is 1. The Morgan fingerprint density at radius 3 is 2.38 bits per heavy atom. The van der Waals surface area contributed by atoms with Crippen molar-refractivity contribution in [2.45, 2.75) is 5.38 Å². The lowest BCUT2D eigenvalue weighted by atomic mass is 10.1. The minimum absolute atomic E-state index is 0.549. The van der Waals surface area contributed by atoms with E-state index in [0.29, 0.717) is 5.56 Å². The van der Waals surface area contributed by atoms with Crippen LogP contribution in [0.5, 0.6) is 5.75 Å². The Morgan fingerprint density at radius 2 is 2.00 bits per heavy atom. The van der Waals surface area contributed by atoms with E-state index in [1.807, 2.05) is 0 Å². The van der Waals surface area contributed by atoms with Crippen molar-refractivity contribution in [3.8, 4) is 5.75 Å². The molecule has 0 aliphatic rings. The molecule has 1 amide bonds. The fourth-order valence-electron chi connectivity index (χ4n) is 0.937. The van der Waals surface area contributed by atoms with Crippen molar-refractivity contribution in [2.24, 2.45) is 5.73 Å². The highest BCUT2D eigenvalue weighted by molar-refractivity contribution is 6.30. The van der Waals surface area contributed by atoms with Gasteiger partial charge in [0.2, 0.25) is 5.91 Å². The molecule has 0 aromatic heterocycles. The average molecular weight is 200 g/mol. The van der Waals surface area contributed by atoms with Gasteiger partial charge in [-0.05, 0) is 17.7 Å². The summed E-state index contributed by atoms with van der Waals surface area (Å²) in [6.07, 6.45) is 0. The number of amides is 1. The van der Waals surface area contributed by atoms with Crippen LogP contribution in [0.3, 0.4) is 0 Å². The molecule has 1 atom stereocenters.